The monoisotopic (exact) mass is 316 g/mol. The summed E-state index contributed by atoms with van der Waals surface area (Å²) in [4.78, 5) is 2.69. The Kier molecular flexibility index (Phi) is 3.27. The fraction of sp³-hybridized carbons (Fsp3) is 0.364. The van der Waals surface area contributed by atoms with E-state index in [0.29, 0.717) is 6.04 Å². The molecular formula is C22H24N2. The number of hydrogen-bond donors (Lipinski definition) is 0. The zero-order chi connectivity index (χ0) is 16.1. The van der Waals surface area contributed by atoms with E-state index in [4.69, 9.17) is 0 Å². The Morgan fingerprint density at radius 3 is 2.50 bits per heavy atom. The van der Waals surface area contributed by atoms with Crippen molar-refractivity contribution in [2.45, 2.75) is 25.9 Å². The van der Waals surface area contributed by atoms with Crippen LogP contribution in [0, 0.1) is 11.8 Å². The van der Waals surface area contributed by atoms with Gasteiger partial charge in [-0.05, 0) is 48.3 Å². The van der Waals surface area contributed by atoms with Crippen molar-refractivity contribution < 1.29 is 0 Å². The van der Waals surface area contributed by atoms with Gasteiger partial charge in [0, 0.05) is 36.9 Å². The van der Waals surface area contributed by atoms with E-state index in [1.54, 1.807) is 0 Å². The Labute approximate surface area is 143 Å². The molecule has 0 bridgehead atoms. The largest absolute Gasteiger partial charge is 0.344 e. The van der Waals surface area contributed by atoms with Crippen molar-refractivity contribution in [2.24, 2.45) is 11.8 Å². The summed E-state index contributed by atoms with van der Waals surface area (Å²) in [5.41, 5.74) is 4.40. The third-order valence-corrected chi connectivity index (χ3v) is 6.22. The third kappa shape index (κ3) is 2.21. The van der Waals surface area contributed by atoms with Crippen LogP contribution in [0.1, 0.15) is 24.2 Å². The molecule has 2 heteroatoms. The van der Waals surface area contributed by atoms with E-state index in [9.17, 15) is 0 Å². The number of nitrogens with zero attached hydrogens (tertiary/aromatic N) is 2. The molecule has 24 heavy (non-hydrogen) atoms. The third-order valence-electron chi connectivity index (χ3n) is 6.22. The minimum Gasteiger partial charge on any atom is -0.344 e. The lowest BCUT2D eigenvalue weighted by atomic mass is 9.88. The highest BCUT2D eigenvalue weighted by Crippen LogP contribution is 2.38. The first-order valence-electron chi connectivity index (χ1n) is 9.16. The van der Waals surface area contributed by atoms with Gasteiger partial charge in [-0.15, -0.1) is 0 Å². The Balaban J connectivity index is 1.40. The highest BCUT2D eigenvalue weighted by atomic mass is 15.2. The maximum Gasteiger partial charge on any atom is 0.0482 e. The minimum atomic E-state index is 0.521. The summed E-state index contributed by atoms with van der Waals surface area (Å²) in [7, 11) is 0. The van der Waals surface area contributed by atoms with Crippen LogP contribution >= 0.6 is 0 Å². The van der Waals surface area contributed by atoms with Gasteiger partial charge in [0.15, 0.2) is 0 Å². The average Bonchev–Trinajstić information content (AvgIpc) is 3.20. The Bertz CT molecular complexity index is 864. The number of likely N-dealkylation sites (tertiary alicyclic amines) is 1. The van der Waals surface area contributed by atoms with Crippen molar-refractivity contribution in [1.29, 1.82) is 0 Å². The van der Waals surface area contributed by atoms with Gasteiger partial charge in [-0.1, -0.05) is 48.5 Å². The van der Waals surface area contributed by atoms with Gasteiger partial charge in [0.25, 0.3) is 0 Å². The molecule has 3 atom stereocenters. The fourth-order valence-corrected chi connectivity index (χ4v) is 4.83. The first kappa shape index (κ1) is 14.3. The zero-order valence-corrected chi connectivity index (χ0v) is 14.2. The van der Waals surface area contributed by atoms with Crippen LogP contribution in [-0.4, -0.2) is 22.6 Å². The van der Waals surface area contributed by atoms with E-state index in [1.165, 1.54) is 48.2 Å². The second-order valence-electron chi connectivity index (χ2n) is 7.57. The number of hydrogen-bond acceptors (Lipinski definition) is 1. The van der Waals surface area contributed by atoms with Crippen LogP contribution in [0.25, 0.3) is 10.9 Å². The van der Waals surface area contributed by atoms with Crippen molar-refractivity contribution in [1.82, 2.24) is 9.47 Å². The van der Waals surface area contributed by atoms with Crippen LogP contribution in [0.5, 0.6) is 0 Å². The summed E-state index contributed by atoms with van der Waals surface area (Å²) >= 11 is 0. The Morgan fingerprint density at radius 1 is 0.875 bits per heavy atom. The smallest absolute Gasteiger partial charge is 0.0482 e. The lowest BCUT2D eigenvalue weighted by Gasteiger charge is -2.27. The van der Waals surface area contributed by atoms with Crippen molar-refractivity contribution in [3.8, 4) is 0 Å². The molecule has 0 unspecified atom stereocenters. The topological polar surface area (TPSA) is 8.17 Å². The first-order chi connectivity index (χ1) is 11.8. The van der Waals surface area contributed by atoms with E-state index in [-0.39, 0.29) is 0 Å². The van der Waals surface area contributed by atoms with Crippen molar-refractivity contribution in [3.05, 3.63) is 71.9 Å². The lowest BCUT2D eigenvalue weighted by molar-refractivity contribution is 0.248. The highest BCUT2D eigenvalue weighted by Gasteiger charge is 2.38. The van der Waals surface area contributed by atoms with E-state index < -0.39 is 0 Å². The summed E-state index contributed by atoms with van der Waals surface area (Å²) in [6, 6.07) is 22.7. The van der Waals surface area contributed by atoms with Crippen LogP contribution in [0.4, 0.5) is 0 Å². The van der Waals surface area contributed by atoms with Crippen LogP contribution in [0.15, 0.2) is 60.7 Å². The summed E-state index contributed by atoms with van der Waals surface area (Å²) in [5.74, 6) is 1.60. The molecule has 0 saturated carbocycles. The lowest BCUT2D eigenvalue weighted by Crippen LogP contribution is -2.27. The standard InChI is InChI=1S/C22H24N2/c1-16(17-7-3-2-4-8-17)23-13-19-12-21-11-18-9-5-6-10-22(18)24(21)15-20(19)14-23/h2-11,16,19-20H,12-15H2,1H3/t16-,19+,20-/m0/s1. The number of rotatable bonds is 2. The van der Waals surface area contributed by atoms with Crippen molar-refractivity contribution in [3.63, 3.8) is 0 Å². The van der Waals surface area contributed by atoms with Gasteiger partial charge in [0.1, 0.15) is 0 Å². The molecule has 0 radical (unpaired) electrons. The predicted octanol–water partition coefficient (Wildman–Crippen LogP) is 4.51. The fourth-order valence-electron chi connectivity index (χ4n) is 4.83. The van der Waals surface area contributed by atoms with Gasteiger partial charge in [-0.25, -0.2) is 0 Å². The maximum atomic E-state index is 2.69. The van der Waals surface area contributed by atoms with Crippen LogP contribution in [0.3, 0.4) is 0 Å². The van der Waals surface area contributed by atoms with Crippen LogP contribution < -0.4 is 0 Å². The molecule has 0 aliphatic carbocycles. The Morgan fingerprint density at radius 2 is 1.62 bits per heavy atom. The molecule has 1 saturated heterocycles. The molecule has 0 amide bonds. The normalized spacial score (nSPS) is 24.7. The molecule has 122 valence electrons. The van der Waals surface area contributed by atoms with E-state index in [0.717, 1.165) is 11.8 Å². The van der Waals surface area contributed by atoms with E-state index in [1.807, 2.05) is 0 Å². The summed E-state index contributed by atoms with van der Waals surface area (Å²) in [5, 5.41) is 1.40. The number of benzene rings is 2. The molecule has 5 rings (SSSR count). The summed E-state index contributed by atoms with van der Waals surface area (Å²) in [6.07, 6.45) is 1.23. The molecule has 2 aromatic carbocycles. The molecule has 3 heterocycles. The first-order valence-corrected chi connectivity index (χ1v) is 9.16. The van der Waals surface area contributed by atoms with Gasteiger partial charge >= 0.3 is 0 Å². The number of para-hydroxylation sites is 1. The molecular weight excluding hydrogens is 292 g/mol. The molecule has 1 aromatic heterocycles. The molecule has 2 aliphatic rings. The molecule has 0 N–H and O–H groups in total. The van der Waals surface area contributed by atoms with Gasteiger partial charge < -0.3 is 4.57 Å². The van der Waals surface area contributed by atoms with Gasteiger partial charge in [-0.3, -0.25) is 4.90 Å². The predicted molar refractivity (Wildman–Crippen MR) is 99.1 cm³/mol. The molecule has 0 spiro atoms. The van der Waals surface area contributed by atoms with Gasteiger partial charge in [0.05, 0.1) is 0 Å². The highest BCUT2D eigenvalue weighted by molar-refractivity contribution is 5.81. The zero-order valence-electron chi connectivity index (χ0n) is 14.2. The molecule has 3 aromatic rings. The minimum absolute atomic E-state index is 0.521. The SMILES string of the molecule is C[C@@H](c1ccccc1)N1C[C@H]2Cc3cc4ccccc4n3C[C@@H]2C1. The van der Waals surface area contributed by atoms with E-state index >= 15 is 0 Å². The second-order valence-corrected chi connectivity index (χ2v) is 7.57. The van der Waals surface area contributed by atoms with E-state index in [2.05, 4.69) is 77.1 Å². The summed E-state index contributed by atoms with van der Waals surface area (Å²) < 4.78 is 2.58. The maximum absolute atomic E-state index is 2.69. The quantitative estimate of drug-likeness (QED) is 0.675. The average molecular weight is 316 g/mol. The van der Waals surface area contributed by atoms with Crippen LogP contribution in [0.2, 0.25) is 0 Å². The number of aromatic nitrogens is 1. The number of fused-ring (bicyclic) bond motifs is 4. The van der Waals surface area contributed by atoms with Gasteiger partial charge in [0.2, 0.25) is 0 Å². The molecule has 2 nitrogen and oxygen atoms in total. The second kappa shape index (κ2) is 5.49. The van der Waals surface area contributed by atoms with Crippen molar-refractivity contribution in [2.75, 3.05) is 13.1 Å². The van der Waals surface area contributed by atoms with Crippen molar-refractivity contribution >= 4 is 10.9 Å². The van der Waals surface area contributed by atoms with Gasteiger partial charge in [-0.2, -0.15) is 0 Å². The molecule has 1 fully saturated rings. The Hall–Kier alpha value is -2.06. The molecule has 2 aliphatic heterocycles. The summed E-state index contributed by atoms with van der Waals surface area (Å²) in [6.45, 7) is 6.02. The van der Waals surface area contributed by atoms with Crippen LogP contribution in [-0.2, 0) is 13.0 Å².